The van der Waals surface area contributed by atoms with Gasteiger partial charge in [-0.05, 0) is 31.0 Å². The van der Waals surface area contributed by atoms with Crippen molar-refractivity contribution in [1.82, 2.24) is 4.98 Å². The number of rotatable bonds is 5. The average Bonchev–Trinajstić information content (AvgIpc) is 2.47. The molecule has 0 fully saturated rings. The Morgan fingerprint density at radius 3 is 2.57 bits per heavy atom. The molecule has 5 heteroatoms. The Morgan fingerprint density at radius 2 is 1.95 bits per heavy atom. The first kappa shape index (κ1) is 14.8. The van der Waals surface area contributed by atoms with Crippen LogP contribution in [0.25, 0.3) is 0 Å². The van der Waals surface area contributed by atoms with E-state index in [9.17, 15) is 9.59 Å². The minimum atomic E-state index is -0.304. The van der Waals surface area contributed by atoms with Crippen molar-refractivity contribution in [2.45, 2.75) is 20.3 Å². The average molecular weight is 286 g/mol. The van der Waals surface area contributed by atoms with Crippen LogP contribution in [0.15, 0.2) is 41.3 Å². The van der Waals surface area contributed by atoms with Crippen molar-refractivity contribution in [3.8, 4) is 5.75 Å². The first-order valence-corrected chi connectivity index (χ1v) is 6.80. The fourth-order valence-corrected chi connectivity index (χ4v) is 1.91. The molecule has 0 saturated carbocycles. The second-order valence-corrected chi connectivity index (χ2v) is 4.68. The zero-order valence-electron chi connectivity index (χ0n) is 12.1. The molecule has 1 amide bonds. The predicted molar refractivity (Wildman–Crippen MR) is 81.7 cm³/mol. The SMILES string of the molecule is CCc1ccc(NC(=O)COc2c(C)[nH]ccc2=O)cc1. The smallest absolute Gasteiger partial charge is 0.262 e. The fourth-order valence-electron chi connectivity index (χ4n) is 1.91. The van der Waals surface area contributed by atoms with Gasteiger partial charge in [-0.1, -0.05) is 19.1 Å². The third-order valence-electron chi connectivity index (χ3n) is 3.09. The highest BCUT2D eigenvalue weighted by atomic mass is 16.5. The number of aromatic nitrogens is 1. The van der Waals surface area contributed by atoms with Gasteiger partial charge in [-0.2, -0.15) is 0 Å². The summed E-state index contributed by atoms with van der Waals surface area (Å²) in [6.07, 6.45) is 2.49. The topological polar surface area (TPSA) is 71.2 Å². The van der Waals surface area contributed by atoms with Crippen LogP contribution in [-0.4, -0.2) is 17.5 Å². The summed E-state index contributed by atoms with van der Waals surface area (Å²) in [4.78, 5) is 26.3. The molecule has 0 bridgehead atoms. The summed E-state index contributed by atoms with van der Waals surface area (Å²) in [6, 6.07) is 8.98. The number of anilines is 1. The molecule has 0 atom stereocenters. The molecule has 1 aromatic carbocycles. The van der Waals surface area contributed by atoms with Crippen molar-refractivity contribution in [3.63, 3.8) is 0 Å². The molecule has 0 aliphatic heterocycles. The Labute approximate surface area is 123 Å². The molecular formula is C16H18N2O3. The minimum absolute atomic E-state index is 0.175. The molecule has 0 aliphatic carbocycles. The van der Waals surface area contributed by atoms with Crippen molar-refractivity contribution < 1.29 is 9.53 Å². The first-order valence-electron chi connectivity index (χ1n) is 6.80. The number of aromatic amines is 1. The van der Waals surface area contributed by atoms with Gasteiger partial charge in [0, 0.05) is 18.0 Å². The van der Waals surface area contributed by atoms with Crippen LogP contribution in [0.2, 0.25) is 0 Å². The number of carbonyl (C=O) groups is 1. The van der Waals surface area contributed by atoms with E-state index in [0.29, 0.717) is 11.4 Å². The van der Waals surface area contributed by atoms with Gasteiger partial charge in [0.25, 0.3) is 5.91 Å². The lowest BCUT2D eigenvalue weighted by atomic mass is 10.1. The molecule has 2 rings (SSSR count). The maximum Gasteiger partial charge on any atom is 0.262 e. The zero-order valence-corrected chi connectivity index (χ0v) is 12.1. The highest BCUT2D eigenvalue weighted by Crippen LogP contribution is 2.11. The van der Waals surface area contributed by atoms with E-state index in [0.717, 1.165) is 6.42 Å². The Morgan fingerprint density at radius 1 is 1.24 bits per heavy atom. The maximum absolute atomic E-state index is 11.8. The predicted octanol–water partition coefficient (Wildman–Crippen LogP) is 2.26. The maximum atomic E-state index is 11.8. The molecule has 2 N–H and O–H groups in total. The third-order valence-corrected chi connectivity index (χ3v) is 3.09. The number of nitrogens with one attached hydrogen (secondary N) is 2. The van der Waals surface area contributed by atoms with Crippen LogP contribution < -0.4 is 15.5 Å². The van der Waals surface area contributed by atoms with Crippen LogP contribution in [0.1, 0.15) is 18.2 Å². The van der Waals surface area contributed by atoms with Crippen molar-refractivity contribution >= 4 is 11.6 Å². The lowest BCUT2D eigenvalue weighted by Gasteiger charge is -2.09. The minimum Gasteiger partial charge on any atom is -0.478 e. The number of hydrogen-bond donors (Lipinski definition) is 2. The summed E-state index contributed by atoms with van der Waals surface area (Å²) < 4.78 is 5.29. The fraction of sp³-hybridized carbons (Fsp3) is 0.250. The number of benzene rings is 1. The normalized spacial score (nSPS) is 10.2. The molecule has 0 unspecified atom stereocenters. The van der Waals surface area contributed by atoms with E-state index < -0.39 is 0 Å². The van der Waals surface area contributed by atoms with Crippen LogP contribution in [0.4, 0.5) is 5.69 Å². The molecule has 2 aromatic rings. The van der Waals surface area contributed by atoms with Gasteiger partial charge in [-0.3, -0.25) is 9.59 Å². The van der Waals surface area contributed by atoms with Gasteiger partial charge >= 0.3 is 0 Å². The standard InChI is InChI=1S/C16H18N2O3/c1-3-12-4-6-13(7-5-12)18-15(20)10-21-16-11(2)17-9-8-14(16)19/h4-9H,3,10H2,1-2H3,(H,17,19)(H,18,20). The Bertz CT molecular complexity index is 675. The van der Waals surface area contributed by atoms with Crippen molar-refractivity contribution in [2.75, 3.05) is 11.9 Å². The third kappa shape index (κ3) is 3.95. The molecule has 1 aromatic heterocycles. The van der Waals surface area contributed by atoms with Crippen LogP contribution in [0.3, 0.4) is 0 Å². The van der Waals surface area contributed by atoms with Crippen LogP contribution >= 0.6 is 0 Å². The summed E-state index contributed by atoms with van der Waals surface area (Å²) in [5.74, 6) is -0.129. The van der Waals surface area contributed by atoms with Gasteiger partial charge in [0.15, 0.2) is 12.4 Å². The van der Waals surface area contributed by atoms with Crippen molar-refractivity contribution in [1.29, 1.82) is 0 Å². The van der Waals surface area contributed by atoms with E-state index >= 15 is 0 Å². The molecule has 5 nitrogen and oxygen atoms in total. The lowest BCUT2D eigenvalue weighted by molar-refractivity contribution is -0.118. The summed E-state index contributed by atoms with van der Waals surface area (Å²) in [5, 5.41) is 2.73. The number of carbonyl (C=O) groups excluding carboxylic acids is 1. The van der Waals surface area contributed by atoms with Crippen LogP contribution in [0, 0.1) is 6.92 Å². The van der Waals surface area contributed by atoms with Gasteiger partial charge in [0.05, 0.1) is 5.69 Å². The number of pyridine rings is 1. The second-order valence-electron chi connectivity index (χ2n) is 4.68. The summed E-state index contributed by atoms with van der Waals surface area (Å²) in [7, 11) is 0. The summed E-state index contributed by atoms with van der Waals surface area (Å²) >= 11 is 0. The Hall–Kier alpha value is -2.56. The zero-order chi connectivity index (χ0) is 15.2. The van der Waals surface area contributed by atoms with Crippen molar-refractivity contribution in [2.24, 2.45) is 0 Å². The summed E-state index contributed by atoms with van der Waals surface area (Å²) in [6.45, 7) is 3.59. The number of aryl methyl sites for hydroxylation is 2. The Kier molecular flexibility index (Phi) is 4.77. The van der Waals surface area contributed by atoms with Crippen molar-refractivity contribution in [3.05, 3.63) is 58.0 Å². The van der Waals surface area contributed by atoms with Gasteiger partial charge < -0.3 is 15.0 Å². The molecule has 110 valence electrons. The second kappa shape index (κ2) is 6.74. The quantitative estimate of drug-likeness (QED) is 0.885. The van der Waals surface area contributed by atoms with Gasteiger partial charge in [0.1, 0.15) is 0 Å². The van der Waals surface area contributed by atoms with E-state index in [4.69, 9.17) is 4.74 Å². The number of H-pyrrole nitrogens is 1. The number of ether oxygens (including phenoxy) is 1. The molecule has 0 saturated heterocycles. The van der Waals surface area contributed by atoms with E-state index in [1.165, 1.54) is 11.6 Å². The summed E-state index contributed by atoms with van der Waals surface area (Å²) in [5.41, 5.74) is 2.27. The van der Waals surface area contributed by atoms with E-state index in [1.54, 1.807) is 13.1 Å². The highest BCUT2D eigenvalue weighted by molar-refractivity contribution is 5.91. The van der Waals surface area contributed by atoms with E-state index in [1.807, 2.05) is 24.3 Å². The first-order chi connectivity index (χ1) is 10.1. The van der Waals surface area contributed by atoms with Crippen LogP contribution in [0.5, 0.6) is 5.75 Å². The molecule has 1 heterocycles. The van der Waals surface area contributed by atoms with Gasteiger partial charge in [-0.25, -0.2) is 0 Å². The van der Waals surface area contributed by atoms with Gasteiger partial charge in [0.2, 0.25) is 5.43 Å². The Balaban J connectivity index is 1.94. The van der Waals surface area contributed by atoms with E-state index in [2.05, 4.69) is 17.2 Å². The molecule has 21 heavy (non-hydrogen) atoms. The van der Waals surface area contributed by atoms with Crippen LogP contribution in [-0.2, 0) is 11.2 Å². The number of amides is 1. The van der Waals surface area contributed by atoms with Gasteiger partial charge in [-0.15, -0.1) is 0 Å². The molecule has 0 radical (unpaired) electrons. The van der Waals surface area contributed by atoms with E-state index in [-0.39, 0.29) is 23.7 Å². The monoisotopic (exact) mass is 286 g/mol. The molecule has 0 aliphatic rings. The lowest BCUT2D eigenvalue weighted by Crippen LogP contribution is -2.22. The number of hydrogen-bond acceptors (Lipinski definition) is 3. The molecular weight excluding hydrogens is 268 g/mol. The molecule has 0 spiro atoms. The largest absolute Gasteiger partial charge is 0.478 e. The highest BCUT2D eigenvalue weighted by Gasteiger charge is 2.08.